The Balaban J connectivity index is 3.85. The van der Waals surface area contributed by atoms with Crippen LogP contribution in [0.2, 0.25) is 0 Å². The van der Waals surface area contributed by atoms with Crippen LogP contribution in [0.3, 0.4) is 0 Å². The molecule has 112 valence electrons. The van der Waals surface area contributed by atoms with Crippen LogP contribution in [0.25, 0.3) is 0 Å². The Morgan fingerprint density at radius 3 is 1.11 bits per heavy atom. The van der Waals surface area contributed by atoms with Gasteiger partial charge in [0.1, 0.15) is 0 Å². The fourth-order valence-electron chi connectivity index (χ4n) is 2.19. The molecule has 0 aromatic rings. The number of nitrogens with zero attached hydrogens (tertiary/aromatic N) is 2. The van der Waals surface area contributed by atoms with Crippen LogP contribution in [0.1, 0.15) is 55.4 Å². The van der Waals surface area contributed by atoms with Crippen LogP contribution in [-0.4, -0.2) is 76.2 Å². The van der Waals surface area contributed by atoms with Gasteiger partial charge >= 0.3 is 132 Å². The summed E-state index contributed by atoms with van der Waals surface area (Å²) in [5.41, 5.74) is 0. The van der Waals surface area contributed by atoms with Crippen molar-refractivity contribution in [3.05, 3.63) is 0 Å². The van der Waals surface area contributed by atoms with Gasteiger partial charge in [-0.2, -0.15) is 0 Å². The summed E-state index contributed by atoms with van der Waals surface area (Å²) in [5.74, 6) is 0. The molecule has 0 aliphatic heterocycles. The van der Waals surface area contributed by atoms with Crippen LogP contribution < -0.4 is 0 Å². The van der Waals surface area contributed by atoms with Gasteiger partial charge < -0.3 is 0 Å². The molecule has 0 heterocycles. The summed E-state index contributed by atoms with van der Waals surface area (Å²) in [6.07, 6.45) is 2.62. The molecule has 0 aliphatic carbocycles. The minimum atomic E-state index is 0.689. The zero-order valence-electron chi connectivity index (χ0n) is 14.0. The summed E-state index contributed by atoms with van der Waals surface area (Å²) >= 11 is 0.851. The summed E-state index contributed by atoms with van der Waals surface area (Å²) in [6.45, 7) is 18.5. The first-order valence-electron chi connectivity index (χ1n) is 7.40. The predicted octanol–water partition coefficient (Wildman–Crippen LogP) is 2.08. The van der Waals surface area contributed by atoms with Gasteiger partial charge in [0.2, 0.25) is 0 Å². The summed E-state index contributed by atoms with van der Waals surface area (Å²) in [6, 6.07) is 2.76. The van der Waals surface area contributed by atoms with E-state index in [-0.39, 0.29) is 0 Å². The van der Waals surface area contributed by atoms with E-state index in [2.05, 4.69) is 65.2 Å². The normalized spacial score (nSPS) is 12.9. The molecule has 0 atom stereocenters. The molecule has 0 fully saturated rings. The van der Waals surface area contributed by atoms with Crippen molar-refractivity contribution < 1.29 is 0 Å². The van der Waals surface area contributed by atoms with Gasteiger partial charge in [-0.15, -0.1) is 0 Å². The SMILES string of the molecule is CC(C)N(C[Si][Se][Si]CN(C(C)C)C(C)C)C(C)C. The third kappa shape index (κ3) is 8.69. The Kier molecular flexibility index (Phi) is 11.1. The molecule has 4 radical (unpaired) electrons. The molecule has 0 rings (SSSR count). The van der Waals surface area contributed by atoms with Crippen LogP contribution in [0.4, 0.5) is 0 Å². The van der Waals surface area contributed by atoms with Crippen molar-refractivity contribution in [2.24, 2.45) is 0 Å². The van der Waals surface area contributed by atoms with Crippen LogP contribution in [0, 0.1) is 0 Å². The predicted molar refractivity (Wildman–Crippen MR) is 91.2 cm³/mol. The second-order valence-corrected chi connectivity index (χ2v) is 15.6. The molecule has 0 spiro atoms. The Bertz CT molecular complexity index is 185. The Labute approximate surface area is 131 Å². The Hall–Kier alpha value is 0.873. The maximum atomic E-state index is 2.63. The monoisotopic (exact) mass is 364 g/mol. The van der Waals surface area contributed by atoms with E-state index in [1.54, 1.807) is 0 Å². The zero-order valence-corrected chi connectivity index (χ0v) is 17.7. The molecule has 0 saturated heterocycles. The van der Waals surface area contributed by atoms with Crippen molar-refractivity contribution in [3.8, 4) is 0 Å². The average molecular weight is 364 g/mol. The molecule has 0 N–H and O–H groups in total. The second-order valence-electron chi connectivity index (χ2n) is 6.11. The van der Waals surface area contributed by atoms with Crippen LogP contribution >= 0.6 is 0 Å². The molecule has 5 heteroatoms. The zero-order chi connectivity index (χ0) is 15.0. The van der Waals surface area contributed by atoms with Gasteiger partial charge in [0, 0.05) is 0 Å². The maximum absolute atomic E-state index is 2.63. The van der Waals surface area contributed by atoms with E-state index < -0.39 is 0 Å². The van der Waals surface area contributed by atoms with Gasteiger partial charge in [0.05, 0.1) is 0 Å². The van der Waals surface area contributed by atoms with E-state index in [1.807, 2.05) is 0 Å². The number of hydrogen-bond donors (Lipinski definition) is 0. The van der Waals surface area contributed by atoms with Crippen molar-refractivity contribution in [1.82, 2.24) is 9.80 Å². The number of hydrogen-bond acceptors (Lipinski definition) is 2. The van der Waals surface area contributed by atoms with Crippen molar-refractivity contribution in [2.75, 3.05) is 12.3 Å². The molecular formula is C14H32N2SeSi2. The van der Waals surface area contributed by atoms with Crippen molar-refractivity contribution in [1.29, 1.82) is 0 Å². The van der Waals surface area contributed by atoms with Gasteiger partial charge in [-0.1, -0.05) is 0 Å². The fraction of sp³-hybridized carbons (Fsp3) is 1.00. The first-order chi connectivity index (χ1) is 8.77. The van der Waals surface area contributed by atoms with Crippen molar-refractivity contribution >= 4 is 29.9 Å². The first-order valence-corrected chi connectivity index (χ1v) is 14.8. The van der Waals surface area contributed by atoms with E-state index in [0.717, 1.165) is 29.9 Å². The van der Waals surface area contributed by atoms with Crippen LogP contribution in [0.15, 0.2) is 0 Å². The third-order valence-corrected chi connectivity index (χ3v) is 12.5. The van der Waals surface area contributed by atoms with E-state index in [4.69, 9.17) is 0 Å². The molecule has 0 saturated carbocycles. The Morgan fingerprint density at radius 2 is 0.895 bits per heavy atom. The van der Waals surface area contributed by atoms with Crippen LogP contribution in [0.5, 0.6) is 0 Å². The second kappa shape index (κ2) is 10.6. The summed E-state index contributed by atoms with van der Waals surface area (Å²) < 4.78 is 0. The molecule has 0 aromatic heterocycles. The van der Waals surface area contributed by atoms with Crippen LogP contribution in [-0.2, 0) is 0 Å². The topological polar surface area (TPSA) is 6.48 Å². The minimum absolute atomic E-state index is 0.689. The molecular weight excluding hydrogens is 331 g/mol. The molecule has 0 aliphatic rings. The van der Waals surface area contributed by atoms with Gasteiger partial charge in [-0.3, -0.25) is 0 Å². The van der Waals surface area contributed by atoms with Crippen molar-refractivity contribution in [2.45, 2.75) is 79.6 Å². The van der Waals surface area contributed by atoms with Gasteiger partial charge in [0.15, 0.2) is 0 Å². The number of rotatable bonds is 10. The molecule has 19 heavy (non-hydrogen) atoms. The standard InChI is InChI=1S/C14H32N2SeSi2/c1-11(2)15(12(3)4)9-18-17-19-10-16(13(5)6)14(7)8/h11-14H,9-10H2,1-8H3. The van der Waals surface area contributed by atoms with Gasteiger partial charge in [-0.25, -0.2) is 0 Å². The van der Waals surface area contributed by atoms with Gasteiger partial charge in [-0.05, 0) is 0 Å². The fourth-order valence-corrected chi connectivity index (χ4v) is 11.1. The first kappa shape index (κ1) is 19.9. The van der Waals surface area contributed by atoms with E-state index in [0.29, 0.717) is 24.2 Å². The molecule has 0 aromatic carbocycles. The summed E-state index contributed by atoms with van der Waals surface area (Å²) in [4.78, 5) is 5.26. The molecule has 0 amide bonds. The molecule has 0 unspecified atom stereocenters. The van der Waals surface area contributed by atoms with E-state index >= 15 is 0 Å². The van der Waals surface area contributed by atoms with E-state index in [1.165, 1.54) is 12.3 Å². The van der Waals surface area contributed by atoms with Gasteiger partial charge in [0.25, 0.3) is 0 Å². The Morgan fingerprint density at radius 1 is 0.632 bits per heavy atom. The van der Waals surface area contributed by atoms with E-state index in [9.17, 15) is 0 Å². The average Bonchev–Trinajstić information content (AvgIpc) is 2.25. The summed E-state index contributed by atoms with van der Waals surface area (Å²) in [5, 5.41) is 0. The third-order valence-electron chi connectivity index (χ3n) is 3.29. The molecule has 2 nitrogen and oxygen atoms in total. The van der Waals surface area contributed by atoms with Crippen molar-refractivity contribution in [3.63, 3.8) is 0 Å². The molecule has 0 bridgehead atoms. The quantitative estimate of drug-likeness (QED) is 0.433. The summed E-state index contributed by atoms with van der Waals surface area (Å²) in [7, 11) is 2.32.